The molecule has 2 unspecified atom stereocenters. The molecule has 160 valence electrons. The molecule has 0 fully saturated rings. The number of aryl methyl sites for hydroxylation is 3. The number of aromatic nitrogens is 1. The maximum absolute atomic E-state index is 13.0. The van der Waals surface area contributed by atoms with Crippen molar-refractivity contribution in [2.45, 2.75) is 39.5 Å². The third kappa shape index (κ3) is 4.69. The minimum atomic E-state index is -0.221. The Labute approximate surface area is 186 Å². The largest absolute Gasteiger partial charge is 0.347 e. The maximum Gasteiger partial charge on any atom is 0.243 e. The smallest absolute Gasteiger partial charge is 0.243 e. The molecule has 0 aliphatic heterocycles. The second kappa shape index (κ2) is 9.02. The van der Waals surface area contributed by atoms with Gasteiger partial charge in [-0.2, -0.15) is 0 Å². The van der Waals surface area contributed by atoms with Crippen LogP contribution in [0.25, 0.3) is 10.2 Å². The molecule has 5 nitrogen and oxygen atoms in total. The Hall–Kier alpha value is -2.99. The summed E-state index contributed by atoms with van der Waals surface area (Å²) in [6, 6.07) is 12.1. The molecule has 2 amide bonds. The molecule has 31 heavy (non-hydrogen) atoms. The highest BCUT2D eigenvalue weighted by atomic mass is 32.1. The average Bonchev–Trinajstić information content (AvgIpc) is 3.18. The highest BCUT2D eigenvalue weighted by Gasteiger charge is 2.32. The SMILES string of the molecule is Cc1cc(C)c(NC(=O)CNC(=O)C2CC=CCC2c2nc3ccccc3s2)c(C)c1. The van der Waals surface area contributed by atoms with Crippen LogP contribution in [0.2, 0.25) is 0 Å². The summed E-state index contributed by atoms with van der Waals surface area (Å²) in [5.74, 6) is -0.499. The Kier molecular flexibility index (Phi) is 6.18. The van der Waals surface area contributed by atoms with E-state index in [1.165, 1.54) is 0 Å². The van der Waals surface area contributed by atoms with Gasteiger partial charge < -0.3 is 10.6 Å². The van der Waals surface area contributed by atoms with Crippen LogP contribution >= 0.6 is 11.3 Å². The molecular formula is C25H27N3O2S. The van der Waals surface area contributed by atoms with Crippen molar-refractivity contribution in [3.05, 3.63) is 70.2 Å². The standard InChI is InChI=1S/C25H27N3O2S/c1-15-12-16(2)23(17(3)13-15)28-22(29)14-26-24(30)18-8-4-5-9-19(18)25-27-20-10-6-7-11-21(20)31-25/h4-7,10-13,18-19H,8-9,14H2,1-3H3,(H,26,30)(H,28,29). The van der Waals surface area contributed by atoms with E-state index < -0.39 is 0 Å². The second-order valence-corrected chi connectivity index (χ2v) is 9.28. The Bertz CT molecular complexity index is 1110. The minimum Gasteiger partial charge on any atom is -0.347 e. The van der Waals surface area contributed by atoms with Crippen molar-refractivity contribution < 1.29 is 9.59 Å². The summed E-state index contributed by atoms with van der Waals surface area (Å²) in [5, 5.41) is 6.78. The molecule has 2 aromatic carbocycles. The highest BCUT2D eigenvalue weighted by molar-refractivity contribution is 7.18. The zero-order valence-electron chi connectivity index (χ0n) is 18.1. The number of hydrogen-bond donors (Lipinski definition) is 2. The number of hydrogen-bond acceptors (Lipinski definition) is 4. The molecule has 3 aromatic rings. The number of anilines is 1. The van der Waals surface area contributed by atoms with Gasteiger partial charge in [0.05, 0.1) is 27.7 Å². The average molecular weight is 434 g/mol. The number of fused-ring (bicyclic) bond motifs is 1. The molecule has 0 saturated heterocycles. The lowest BCUT2D eigenvalue weighted by Crippen LogP contribution is -2.39. The zero-order chi connectivity index (χ0) is 22.0. The van der Waals surface area contributed by atoms with Gasteiger partial charge in [0, 0.05) is 11.6 Å². The highest BCUT2D eigenvalue weighted by Crippen LogP contribution is 2.38. The quantitative estimate of drug-likeness (QED) is 0.555. The van der Waals surface area contributed by atoms with Gasteiger partial charge in [0.15, 0.2) is 0 Å². The number of nitrogens with zero attached hydrogens (tertiary/aromatic N) is 1. The Morgan fingerprint density at radius 3 is 2.52 bits per heavy atom. The fraction of sp³-hybridized carbons (Fsp3) is 0.320. The van der Waals surface area contributed by atoms with E-state index in [1.54, 1.807) is 11.3 Å². The van der Waals surface area contributed by atoms with E-state index in [1.807, 2.05) is 57.2 Å². The first-order valence-electron chi connectivity index (χ1n) is 10.6. The monoisotopic (exact) mass is 433 g/mol. The predicted octanol–water partition coefficient (Wildman–Crippen LogP) is 5.03. The van der Waals surface area contributed by atoms with Gasteiger partial charge in [-0.3, -0.25) is 9.59 Å². The molecule has 1 aliphatic rings. The van der Waals surface area contributed by atoms with Gasteiger partial charge in [0.2, 0.25) is 11.8 Å². The second-order valence-electron chi connectivity index (χ2n) is 8.22. The Morgan fingerprint density at radius 1 is 1.06 bits per heavy atom. The van der Waals surface area contributed by atoms with E-state index in [-0.39, 0.29) is 30.2 Å². The van der Waals surface area contributed by atoms with Gasteiger partial charge in [-0.25, -0.2) is 4.98 Å². The van der Waals surface area contributed by atoms with E-state index >= 15 is 0 Å². The fourth-order valence-electron chi connectivity index (χ4n) is 4.28. The first-order valence-corrected chi connectivity index (χ1v) is 11.4. The van der Waals surface area contributed by atoms with Gasteiger partial charge >= 0.3 is 0 Å². The third-order valence-electron chi connectivity index (χ3n) is 5.76. The normalized spacial score (nSPS) is 18.2. The number of allylic oxidation sites excluding steroid dienone is 2. The van der Waals surface area contributed by atoms with Crippen LogP contribution in [-0.2, 0) is 9.59 Å². The predicted molar refractivity (Wildman–Crippen MR) is 127 cm³/mol. The number of nitrogens with one attached hydrogen (secondary N) is 2. The van der Waals surface area contributed by atoms with Crippen LogP contribution in [0.15, 0.2) is 48.6 Å². The molecule has 0 saturated carbocycles. The zero-order valence-corrected chi connectivity index (χ0v) is 18.9. The van der Waals surface area contributed by atoms with Crippen molar-refractivity contribution in [2.75, 3.05) is 11.9 Å². The number of benzene rings is 2. The summed E-state index contributed by atoms with van der Waals surface area (Å²) in [6.45, 7) is 5.95. The molecule has 2 atom stereocenters. The molecule has 4 rings (SSSR count). The maximum atomic E-state index is 13.0. The topological polar surface area (TPSA) is 71.1 Å². The van der Waals surface area contributed by atoms with Gasteiger partial charge in [-0.05, 0) is 56.9 Å². The summed E-state index contributed by atoms with van der Waals surface area (Å²) in [7, 11) is 0. The van der Waals surface area contributed by atoms with E-state index in [0.717, 1.165) is 44.0 Å². The molecule has 1 heterocycles. The summed E-state index contributed by atoms with van der Waals surface area (Å²) in [6.07, 6.45) is 5.61. The van der Waals surface area contributed by atoms with Crippen LogP contribution in [0.5, 0.6) is 0 Å². The van der Waals surface area contributed by atoms with Gasteiger partial charge in [-0.1, -0.05) is 42.0 Å². The molecule has 6 heteroatoms. The summed E-state index contributed by atoms with van der Waals surface area (Å²) in [5.41, 5.74) is 4.99. The van der Waals surface area contributed by atoms with E-state index in [2.05, 4.69) is 22.8 Å². The lowest BCUT2D eigenvalue weighted by atomic mass is 9.82. The van der Waals surface area contributed by atoms with Crippen LogP contribution in [-0.4, -0.2) is 23.3 Å². The minimum absolute atomic E-state index is 0.0343. The number of thiazole rings is 1. The van der Waals surface area contributed by atoms with Crippen molar-refractivity contribution >= 4 is 39.1 Å². The van der Waals surface area contributed by atoms with E-state index in [0.29, 0.717) is 6.42 Å². The molecule has 0 bridgehead atoms. The van der Waals surface area contributed by atoms with Gasteiger partial charge in [0.25, 0.3) is 0 Å². The number of para-hydroxylation sites is 1. The molecule has 1 aromatic heterocycles. The van der Waals surface area contributed by atoms with Crippen LogP contribution in [0.1, 0.15) is 40.5 Å². The fourth-order valence-corrected chi connectivity index (χ4v) is 5.43. The van der Waals surface area contributed by atoms with Crippen LogP contribution < -0.4 is 10.6 Å². The van der Waals surface area contributed by atoms with Gasteiger partial charge in [0.1, 0.15) is 0 Å². The molecule has 1 aliphatic carbocycles. The first-order chi connectivity index (χ1) is 14.9. The summed E-state index contributed by atoms with van der Waals surface area (Å²) < 4.78 is 1.13. The molecular weight excluding hydrogens is 406 g/mol. The Balaban J connectivity index is 1.42. The number of carbonyl (C=O) groups excluding carboxylic acids is 2. The van der Waals surface area contributed by atoms with Crippen LogP contribution in [0, 0.1) is 26.7 Å². The summed E-state index contributed by atoms with van der Waals surface area (Å²) >= 11 is 1.65. The number of carbonyl (C=O) groups is 2. The van der Waals surface area contributed by atoms with Crippen LogP contribution in [0.4, 0.5) is 5.69 Å². The first kappa shape index (κ1) is 21.2. The summed E-state index contributed by atoms with van der Waals surface area (Å²) in [4.78, 5) is 30.3. The van der Waals surface area contributed by atoms with Crippen molar-refractivity contribution in [1.82, 2.24) is 10.3 Å². The van der Waals surface area contributed by atoms with Crippen molar-refractivity contribution in [3.63, 3.8) is 0 Å². The van der Waals surface area contributed by atoms with Crippen LogP contribution in [0.3, 0.4) is 0 Å². The van der Waals surface area contributed by atoms with Gasteiger partial charge in [-0.15, -0.1) is 11.3 Å². The van der Waals surface area contributed by atoms with Crippen molar-refractivity contribution in [1.29, 1.82) is 0 Å². The Morgan fingerprint density at radius 2 is 1.77 bits per heavy atom. The van der Waals surface area contributed by atoms with Crippen molar-refractivity contribution in [2.24, 2.45) is 5.92 Å². The molecule has 0 radical (unpaired) electrons. The van der Waals surface area contributed by atoms with E-state index in [4.69, 9.17) is 4.98 Å². The third-order valence-corrected chi connectivity index (χ3v) is 6.93. The van der Waals surface area contributed by atoms with E-state index in [9.17, 15) is 9.59 Å². The molecule has 2 N–H and O–H groups in total. The number of amides is 2. The molecule has 0 spiro atoms. The van der Waals surface area contributed by atoms with Crippen molar-refractivity contribution in [3.8, 4) is 0 Å². The number of rotatable bonds is 5. The lowest BCUT2D eigenvalue weighted by Gasteiger charge is -2.26. The lowest BCUT2D eigenvalue weighted by molar-refractivity contribution is -0.127.